The molecule has 1 heterocycles. The standard InChI is InChI=1S/C25H25N3O2/c29-23-16-22(18-28(23)17-19-10-4-1-5-11-19)26-25(30)27-24(20-12-6-2-7-13-20)21-14-8-3-9-15-21/h1-15,22,24H,16-18H2,(H2,26,27,30). The lowest BCUT2D eigenvalue weighted by Gasteiger charge is -2.22. The number of amides is 3. The molecular weight excluding hydrogens is 374 g/mol. The van der Waals surface area contributed by atoms with E-state index in [-0.39, 0.29) is 24.0 Å². The Kier molecular flexibility index (Phi) is 6.09. The third-order valence-corrected chi connectivity index (χ3v) is 5.31. The van der Waals surface area contributed by atoms with Gasteiger partial charge in [-0.1, -0.05) is 91.0 Å². The number of nitrogens with zero attached hydrogens (tertiary/aromatic N) is 1. The number of carbonyl (C=O) groups excluding carboxylic acids is 2. The average molecular weight is 399 g/mol. The number of urea groups is 1. The predicted octanol–water partition coefficient (Wildman–Crippen LogP) is 3.88. The molecule has 0 radical (unpaired) electrons. The van der Waals surface area contributed by atoms with E-state index in [1.165, 1.54) is 0 Å². The molecule has 3 amide bonds. The Bertz CT molecular complexity index is 938. The maximum absolute atomic E-state index is 12.8. The Hall–Kier alpha value is -3.60. The molecule has 0 aliphatic carbocycles. The Morgan fingerprint density at radius 2 is 1.40 bits per heavy atom. The molecule has 5 nitrogen and oxygen atoms in total. The Labute approximate surface area is 176 Å². The van der Waals surface area contributed by atoms with Crippen molar-refractivity contribution in [3.05, 3.63) is 108 Å². The minimum atomic E-state index is -0.271. The Morgan fingerprint density at radius 1 is 0.867 bits per heavy atom. The molecule has 1 aliphatic rings. The first-order chi connectivity index (χ1) is 14.7. The molecule has 4 rings (SSSR count). The summed E-state index contributed by atoms with van der Waals surface area (Å²) >= 11 is 0. The zero-order chi connectivity index (χ0) is 20.8. The summed E-state index contributed by atoms with van der Waals surface area (Å²) in [7, 11) is 0. The van der Waals surface area contributed by atoms with Gasteiger partial charge in [-0.3, -0.25) is 4.79 Å². The monoisotopic (exact) mass is 399 g/mol. The fourth-order valence-corrected chi connectivity index (χ4v) is 3.83. The molecule has 30 heavy (non-hydrogen) atoms. The molecule has 3 aromatic carbocycles. The van der Waals surface area contributed by atoms with Crippen LogP contribution in [0.5, 0.6) is 0 Å². The maximum Gasteiger partial charge on any atom is 0.315 e. The molecule has 0 aromatic heterocycles. The topological polar surface area (TPSA) is 61.4 Å². The van der Waals surface area contributed by atoms with E-state index in [4.69, 9.17) is 0 Å². The number of hydrogen-bond acceptors (Lipinski definition) is 2. The first-order valence-electron chi connectivity index (χ1n) is 10.2. The van der Waals surface area contributed by atoms with Crippen molar-refractivity contribution >= 4 is 11.9 Å². The van der Waals surface area contributed by atoms with Gasteiger partial charge in [-0.2, -0.15) is 0 Å². The van der Waals surface area contributed by atoms with Gasteiger partial charge in [-0.05, 0) is 16.7 Å². The summed E-state index contributed by atoms with van der Waals surface area (Å²) in [6.07, 6.45) is 0.321. The van der Waals surface area contributed by atoms with Gasteiger partial charge >= 0.3 is 6.03 Å². The van der Waals surface area contributed by atoms with E-state index in [0.29, 0.717) is 19.5 Å². The van der Waals surface area contributed by atoms with E-state index in [2.05, 4.69) is 10.6 Å². The van der Waals surface area contributed by atoms with Gasteiger partial charge in [-0.25, -0.2) is 4.79 Å². The number of hydrogen-bond donors (Lipinski definition) is 2. The quantitative estimate of drug-likeness (QED) is 0.661. The molecule has 1 fully saturated rings. The summed E-state index contributed by atoms with van der Waals surface area (Å²) in [5, 5.41) is 6.06. The van der Waals surface area contributed by atoms with Gasteiger partial charge < -0.3 is 15.5 Å². The van der Waals surface area contributed by atoms with Crippen molar-refractivity contribution in [1.82, 2.24) is 15.5 Å². The SMILES string of the molecule is O=C(NC1CC(=O)N(Cc2ccccc2)C1)NC(c1ccccc1)c1ccccc1. The van der Waals surface area contributed by atoms with Crippen LogP contribution in [0.2, 0.25) is 0 Å². The smallest absolute Gasteiger partial charge is 0.315 e. The minimum Gasteiger partial charge on any atom is -0.336 e. The molecule has 2 N–H and O–H groups in total. The third kappa shape index (κ3) is 4.87. The zero-order valence-corrected chi connectivity index (χ0v) is 16.7. The lowest BCUT2D eigenvalue weighted by molar-refractivity contribution is -0.128. The largest absolute Gasteiger partial charge is 0.336 e. The Morgan fingerprint density at radius 3 is 1.97 bits per heavy atom. The van der Waals surface area contributed by atoms with Crippen LogP contribution in [0, 0.1) is 0 Å². The summed E-state index contributed by atoms with van der Waals surface area (Å²) in [6.45, 7) is 1.08. The summed E-state index contributed by atoms with van der Waals surface area (Å²) < 4.78 is 0. The number of nitrogens with one attached hydrogen (secondary N) is 2. The van der Waals surface area contributed by atoms with Crippen LogP contribution in [0.15, 0.2) is 91.0 Å². The zero-order valence-electron chi connectivity index (χ0n) is 16.7. The van der Waals surface area contributed by atoms with Crippen LogP contribution in [-0.2, 0) is 11.3 Å². The highest BCUT2D eigenvalue weighted by atomic mass is 16.2. The van der Waals surface area contributed by atoms with Crippen molar-refractivity contribution in [2.45, 2.75) is 25.0 Å². The van der Waals surface area contributed by atoms with Crippen molar-refractivity contribution in [3.8, 4) is 0 Å². The molecule has 0 saturated carbocycles. The van der Waals surface area contributed by atoms with E-state index in [1.807, 2.05) is 91.0 Å². The van der Waals surface area contributed by atoms with Gasteiger partial charge in [0.25, 0.3) is 0 Å². The number of likely N-dealkylation sites (tertiary alicyclic amines) is 1. The lowest BCUT2D eigenvalue weighted by atomic mass is 9.99. The third-order valence-electron chi connectivity index (χ3n) is 5.31. The van der Waals surface area contributed by atoms with Crippen LogP contribution in [0.1, 0.15) is 29.2 Å². The predicted molar refractivity (Wildman–Crippen MR) is 117 cm³/mol. The highest BCUT2D eigenvalue weighted by molar-refractivity contribution is 5.82. The van der Waals surface area contributed by atoms with Gasteiger partial charge in [0.1, 0.15) is 0 Å². The molecule has 5 heteroatoms. The second kappa shape index (κ2) is 9.27. The van der Waals surface area contributed by atoms with Crippen molar-refractivity contribution < 1.29 is 9.59 Å². The van der Waals surface area contributed by atoms with Crippen LogP contribution in [0.3, 0.4) is 0 Å². The van der Waals surface area contributed by atoms with Crippen molar-refractivity contribution in [2.75, 3.05) is 6.54 Å². The van der Waals surface area contributed by atoms with Crippen molar-refractivity contribution in [3.63, 3.8) is 0 Å². The molecule has 1 atom stereocenters. The number of carbonyl (C=O) groups is 2. The average Bonchev–Trinajstić information content (AvgIpc) is 3.12. The highest BCUT2D eigenvalue weighted by Gasteiger charge is 2.31. The van der Waals surface area contributed by atoms with Gasteiger partial charge in [0, 0.05) is 19.5 Å². The van der Waals surface area contributed by atoms with Gasteiger partial charge in [0.05, 0.1) is 12.1 Å². The molecule has 0 bridgehead atoms. The summed E-state index contributed by atoms with van der Waals surface area (Å²) in [6, 6.07) is 28.9. The number of benzene rings is 3. The molecular formula is C25H25N3O2. The summed E-state index contributed by atoms with van der Waals surface area (Å²) in [5.41, 5.74) is 3.10. The van der Waals surface area contributed by atoms with Crippen LogP contribution < -0.4 is 10.6 Å². The Balaban J connectivity index is 1.40. The summed E-state index contributed by atoms with van der Waals surface area (Å²) in [5.74, 6) is 0.0619. The lowest BCUT2D eigenvalue weighted by Crippen LogP contribution is -2.44. The van der Waals surface area contributed by atoms with Crippen molar-refractivity contribution in [1.29, 1.82) is 0 Å². The minimum absolute atomic E-state index is 0.0619. The van der Waals surface area contributed by atoms with Crippen LogP contribution in [0.4, 0.5) is 4.79 Å². The normalized spacial score (nSPS) is 16.0. The van der Waals surface area contributed by atoms with Gasteiger partial charge in [0.15, 0.2) is 0 Å². The molecule has 152 valence electrons. The van der Waals surface area contributed by atoms with Gasteiger partial charge in [-0.15, -0.1) is 0 Å². The van der Waals surface area contributed by atoms with Crippen LogP contribution in [-0.4, -0.2) is 29.4 Å². The highest BCUT2D eigenvalue weighted by Crippen LogP contribution is 2.22. The molecule has 0 spiro atoms. The van der Waals surface area contributed by atoms with Crippen LogP contribution >= 0.6 is 0 Å². The van der Waals surface area contributed by atoms with E-state index in [1.54, 1.807) is 4.90 Å². The van der Waals surface area contributed by atoms with E-state index >= 15 is 0 Å². The maximum atomic E-state index is 12.8. The molecule has 1 aliphatic heterocycles. The van der Waals surface area contributed by atoms with E-state index < -0.39 is 0 Å². The van der Waals surface area contributed by atoms with Crippen LogP contribution in [0.25, 0.3) is 0 Å². The molecule has 1 saturated heterocycles. The molecule has 3 aromatic rings. The first-order valence-corrected chi connectivity index (χ1v) is 10.2. The van der Waals surface area contributed by atoms with Gasteiger partial charge in [0.2, 0.25) is 5.91 Å². The van der Waals surface area contributed by atoms with E-state index in [9.17, 15) is 9.59 Å². The summed E-state index contributed by atoms with van der Waals surface area (Å²) in [4.78, 5) is 27.0. The first kappa shape index (κ1) is 19.7. The fraction of sp³-hybridized carbons (Fsp3) is 0.200. The molecule has 1 unspecified atom stereocenters. The second-order valence-corrected chi connectivity index (χ2v) is 7.53. The van der Waals surface area contributed by atoms with Crippen molar-refractivity contribution in [2.24, 2.45) is 0 Å². The fourth-order valence-electron chi connectivity index (χ4n) is 3.83. The number of rotatable bonds is 6. The second-order valence-electron chi connectivity index (χ2n) is 7.53. The van der Waals surface area contributed by atoms with E-state index in [0.717, 1.165) is 16.7 Å².